The van der Waals surface area contributed by atoms with Crippen LogP contribution in [0.3, 0.4) is 0 Å². The average Bonchev–Trinajstić information content (AvgIpc) is 3.41. The SMILES string of the molecule is CC(C)(O)c1cnc(/C(=C\c2cccc(-c3cc(CS(C)(=O)=O)cc4cccnc34)c2)c2ccc(S(C)(=O)=O)cc2)s1. The molecule has 0 aliphatic heterocycles. The summed E-state index contributed by atoms with van der Waals surface area (Å²) < 4.78 is 48.3. The molecule has 0 spiro atoms. The van der Waals surface area contributed by atoms with E-state index in [1.165, 1.54) is 23.8 Å². The van der Waals surface area contributed by atoms with Gasteiger partial charge in [-0.3, -0.25) is 4.98 Å². The molecule has 10 heteroatoms. The minimum absolute atomic E-state index is 0.0777. The number of pyridine rings is 1. The fourth-order valence-electron chi connectivity index (χ4n) is 4.65. The second kappa shape index (κ2) is 11.2. The molecular formula is C32H30N2O5S3. The van der Waals surface area contributed by atoms with Gasteiger partial charge in [0.15, 0.2) is 19.7 Å². The molecule has 5 rings (SSSR count). The highest BCUT2D eigenvalue weighted by Gasteiger charge is 2.21. The second-order valence-corrected chi connectivity index (χ2v) is 16.0. The number of sulfone groups is 2. The summed E-state index contributed by atoms with van der Waals surface area (Å²) in [5.41, 5.74) is 4.46. The Kier molecular flexibility index (Phi) is 7.93. The maximum atomic E-state index is 12.1. The van der Waals surface area contributed by atoms with Crippen molar-refractivity contribution in [3.63, 3.8) is 0 Å². The highest BCUT2D eigenvalue weighted by Crippen LogP contribution is 2.35. The van der Waals surface area contributed by atoms with E-state index >= 15 is 0 Å². The molecule has 2 heterocycles. The van der Waals surface area contributed by atoms with E-state index in [-0.39, 0.29) is 10.6 Å². The van der Waals surface area contributed by atoms with E-state index in [4.69, 9.17) is 0 Å². The van der Waals surface area contributed by atoms with E-state index in [2.05, 4.69) is 9.97 Å². The quantitative estimate of drug-likeness (QED) is 0.208. The Hall–Kier alpha value is -3.70. The molecule has 0 amide bonds. The third kappa shape index (κ3) is 6.84. The van der Waals surface area contributed by atoms with Crippen molar-refractivity contribution in [3.05, 3.63) is 112 Å². The van der Waals surface area contributed by atoms with Gasteiger partial charge in [-0.15, -0.1) is 11.3 Å². The molecule has 0 fully saturated rings. The zero-order chi connectivity index (χ0) is 30.3. The lowest BCUT2D eigenvalue weighted by Gasteiger charge is -2.13. The van der Waals surface area contributed by atoms with E-state index in [9.17, 15) is 21.9 Å². The zero-order valence-electron chi connectivity index (χ0n) is 23.6. The van der Waals surface area contributed by atoms with E-state index in [0.29, 0.717) is 15.4 Å². The Labute approximate surface area is 250 Å². The number of hydrogen-bond donors (Lipinski definition) is 1. The Balaban J connectivity index is 1.66. The van der Waals surface area contributed by atoms with Gasteiger partial charge in [0.2, 0.25) is 0 Å². The predicted octanol–water partition coefficient (Wildman–Crippen LogP) is 6.12. The first kappa shape index (κ1) is 29.8. The standard InChI is InChI=1S/C32H30N2O5S3/c1-32(2,35)29-19-34-31(40-29)28(23-10-12-26(13-11-23)42(4,38)39)17-21-7-5-8-24(15-21)27-18-22(20-41(3,36)37)16-25-9-6-14-33-30(25)27/h5-19,35H,20H2,1-4H3/b28-17-. The molecule has 0 saturated carbocycles. The van der Waals surface area contributed by atoms with Crippen LogP contribution < -0.4 is 0 Å². The molecule has 42 heavy (non-hydrogen) atoms. The van der Waals surface area contributed by atoms with Crippen LogP contribution in [0.2, 0.25) is 0 Å². The van der Waals surface area contributed by atoms with Gasteiger partial charge < -0.3 is 5.11 Å². The van der Waals surface area contributed by atoms with Crippen LogP contribution in [0.5, 0.6) is 0 Å². The van der Waals surface area contributed by atoms with Crippen LogP contribution in [0.25, 0.3) is 33.7 Å². The number of benzene rings is 3. The molecule has 2 aromatic heterocycles. The van der Waals surface area contributed by atoms with Crippen LogP contribution in [-0.2, 0) is 31.0 Å². The lowest BCUT2D eigenvalue weighted by molar-refractivity contribution is 0.0823. The number of thiazole rings is 1. The smallest absolute Gasteiger partial charge is 0.175 e. The van der Waals surface area contributed by atoms with Crippen LogP contribution in [0, 0.1) is 0 Å². The largest absolute Gasteiger partial charge is 0.385 e. The number of fused-ring (bicyclic) bond motifs is 1. The van der Waals surface area contributed by atoms with Crippen molar-refractivity contribution < 1.29 is 21.9 Å². The number of aliphatic hydroxyl groups is 1. The molecule has 216 valence electrons. The Morgan fingerprint density at radius 2 is 1.67 bits per heavy atom. The molecule has 0 aliphatic rings. The fourth-order valence-corrected chi connectivity index (χ4v) is 7.01. The average molecular weight is 619 g/mol. The van der Waals surface area contributed by atoms with Gasteiger partial charge >= 0.3 is 0 Å². The van der Waals surface area contributed by atoms with Crippen molar-refractivity contribution in [2.75, 3.05) is 12.5 Å². The second-order valence-electron chi connectivity index (χ2n) is 10.9. The van der Waals surface area contributed by atoms with E-state index in [0.717, 1.165) is 38.7 Å². The third-order valence-corrected chi connectivity index (χ3v) is 9.96. The van der Waals surface area contributed by atoms with Crippen LogP contribution in [0.15, 0.2) is 90.1 Å². The van der Waals surface area contributed by atoms with Gasteiger partial charge in [-0.05, 0) is 78.6 Å². The Morgan fingerprint density at radius 1 is 0.929 bits per heavy atom. The number of hydrogen-bond acceptors (Lipinski definition) is 8. The lowest BCUT2D eigenvalue weighted by atomic mass is 9.96. The minimum Gasteiger partial charge on any atom is -0.385 e. The number of rotatable bonds is 8. The van der Waals surface area contributed by atoms with Crippen molar-refractivity contribution in [2.45, 2.75) is 30.1 Å². The number of nitrogens with zero attached hydrogens (tertiary/aromatic N) is 2. The summed E-state index contributed by atoms with van der Waals surface area (Å²) in [4.78, 5) is 10.1. The van der Waals surface area contributed by atoms with Crippen molar-refractivity contribution in [3.8, 4) is 11.1 Å². The highest BCUT2D eigenvalue weighted by atomic mass is 32.2. The molecule has 0 aliphatic carbocycles. The van der Waals surface area contributed by atoms with E-state index < -0.39 is 25.3 Å². The monoisotopic (exact) mass is 618 g/mol. The van der Waals surface area contributed by atoms with Crippen molar-refractivity contribution in [2.24, 2.45) is 0 Å². The first-order valence-corrected chi connectivity index (χ1v) is 17.8. The summed E-state index contributed by atoms with van der Waals surface area (Å²) in [6, 6.07) is 22.0. The molecule has 0 unspecified atom stereocenters. The molecule has 5 aromatic rings. The summed E-state index contributed by atoms with van der Waals surface area (Å²) in [6.07, 6.45) is 7.73. The Bertz CT molecular complexity index is 2040. The van der Waals surface area contributed by atoms with Gasteiger partial charge in [-0.1, -0.05) is 36.4 Å². The summed E-state index contributed by atoms with van der Waals surface area (Å²) in [5.74, 6) is -0.0777. The van der Waals surface area contributed by atoms with E-state index in [1.54, 1.807) is 50.5 Å². The van der Waals surface area contributed by atoms with Crippen LogP contribution in [0.4, 0.5) is 0 Å². The maximum absolute atomic E-state index is 12.1. The summed E-state index contributed by atoms with van der Waals surface area (Å²) in [5, 5.41) is 12.1. The molecule has 0 radical (unpaired) electrons. The van der Waals surface area contributed by atoms with E-state index in [1.807, 2.05) is 54.6 Å². The van der Waals surface area contributed by atoms with Gasteiger partial charge in [0, 0.05) is 41.4 Å². The van der Waals surface area contributed by atoms with Gasteiger partial charge in [0.1, 0.15) is 5.01 Å². The molecule has 0 atom stereocenters. The van der Waals surface area contributed by atoms with Crippen molar-refractivity contribution >= 4 is 53.6 Å². The van der Waals surface area contributed by atoms with Crippen LogP contribution >= 0.6 is 11.3 Å². The summed E-state index contributed by atoms with van der Waals surface area (Å²) in [7, 11) is -6.60. The van der Waals surface area contributed by atoms with Gasteiger partial charge in [0.25, 0.3) is 0 Å². The minimum atomic E-state index is -3.36. The molecule has 0 bridgehead atoms. The van der Waals surface area contributed by atoms with Gasteiger partial charge in [-0.25, -0.2) is 21.8 Å². The normalized spacial score (nSPS) is 13.0. The van der Waals surface area contributed by atoms with Gasteiger partial charge in [0.05, 0.1) is 26.6 Å². The topological polar surface area (TPSA) is 114 Å². The molecule has 1 N–H and O–H groups in total. The first-order valence-electron chi connectivity index (χ1n) is 13.0. The van der Waals surface area contributed by atoms with Crippen LogP contribution in [-0.4, -0.2) is 44.4 Å². The fraction of sp³-hybridized carbons (Fsp3) is 0.188. The van der Waals surface area contributed by atoms with Crippen molar-refractivity contribution in [1.82, 2.24) is 9.97 Å². The Morgan fingerprint density at radius 3 is 2.31 bits per heavy atom. The third-order valence-electron chi connectivity index (χ3n) is 6.63. The molecule has 0 saturated heterocycles. The number of aromatic nitrogens is 2. The predicted molar refractivity (Wildman–Crippen MR) is 170 cm³/mol. The maximum Gasteiger partial charge on any atom is 0.175 e. The molecule has 7 nitrogen and oxygen atoms in total. The molecular weight excluding hydrogens is 589 g/mol. The summed E-state index contributed by atoms with van der Waals surface area (Å²) >= 11 is 1.37. The first-order chi connectivity index (χ1) is 19.7. The van der Waals surface area contributed by atoms with Crippen LogP contribution in [0.1, 0.15) is 40.4 Å². The molecule has 3 aromatic carbocycles. The highest BCUT2D eigenvalue weighted by molar-refractivity contribution is 7.90. The zero-order valence-corrected chi connectivity index (χ0v) is 26.0. The van der Waals surface area contributed by atoms with Gasteiger partial charge in [-0.2, -0.15) is 0 Å². The summed E-state index contributed by atoms with van der Waals surface area (Å²) in [6.45, 7) is 3.41. The van der Waals surface area contributed by atoms with Crippen molar-refractivity contribution in [1.29, 1.82) is 0 Å². The lowest BCUT2D eigenvalue weighted by Crippen LogP contribution is -2.12.